The minimum Gasteiger partial charge on any atom is -0.479 e. The number of aliphatic carboxylic acids is 2. The zero-order chi connectivity index (χ0) is 11.3. The molecular weight excluding hydrogens is 196 g/mol. The summed E-state index contributed by atoms with van der Waals surface area (Å²) in [5.74, 6) is -3.96. The molecule has 0 radical (unpaired) electrons. The number of aliphatic hydroxyl groups excluding tert-OH is 2. The van der Waals surface area contributed by atoms with Crippen LogP contribution >= 0.6 is 0 Å². The van der Waals surface area contributed by atoms with Gasteiger partial charge in [0.25, 0.3) is 0 Å². The average molecular weight is 206 g/mol. The van der Waals surface area contributed by atoms with Crippen molar-refractivity contribution < 1.29 is 34.8 Å². The summed E-state index contributed by atoms with van der Waals surface area (Å²) in [6, 6.07) is 0. The Morgan fingerprint density at radius 2 is 1.14 bits per heavy atom. The Morgan fingerprint density at radius 3 is 1.36 bits per heavy atom. The monoisotopic (exact) mass is 206 g/mol. The highest BCUT2D eigenvalue weighted by atomic mass is 16.4. The van der Waals surface area contributed by atoms with Gasteiger partial charge in [-0.1, -0.05) is 0 Å². The number of carbonyl (C=O) groups is 3. The molecule has 2 unspecified atom stereocenters. The van der Waals surface area contributed by atoms with Crippen LogP contribution in [0, 0.1) is 0 Å². The topological polar surface area (TPSA) is 132 Å². The van der Waals surface area contributed by atoms with Crippen LogP contribution < -0.4 is 0 Å². The first kappa shape index (κ1) is 12.5. The minimum absolute atomic E-state index is 0.709. The Bertz CT molecular complexity index is 222. The van der Waals surface area contributed by atoms with E-state index in [1.165, 1.54) is 0 Å². The Labute approximate surface area is 78.6 Å². The van der Waals surface area contributed by atoms with Crippen LogP contribution in [-0.2, 0) is 14.4 Å². The third-order valence-electron chi connectivity index (χ3n) is 1.41. The molecule has 0 bridgehead atoms. The summed E-state index contributed by atoms with van der Waals surface area (Å²) in [6.07, 6.45) is -5.13. The predicted molar refractivity (Wildman–Crippen MR) is 41.5 cm³/mol. The van der Waals surface area contributed by atoms with Gasteiger partial charge in [0.05, 0.1) is 0 Å². The van der Waals surface area contributed by atoms with Crippen LogP contribution in [0.5, 0.6) is 0 Å². The lowest BCUT2D eigenvalue weighted by molar-refractivity contribution is -0.151. The van der Waals surface area contributed by atoms with Crippen molar-refractivity contribution in [1.82, 2.24) is 0 Å². The zero-order valence-electron chi connectivity index (χ0n) is 7.08. The lowest BCUT2D eigenvalue weighted by atomic mass is 10.1. The van der Waals surface area contributed by atoms with Gasteiger partial charge >= 0.3 is 11.9 Å². The van der Waals surface area contributed by atoms with Crippen LogP contribution in [0.1, 0.15) is 12.8 Å². The van der Waals surface area contributed by atoms with Gasteiger partial charge in [-0.05, 0) is 0 Å². The molecule has 0 aliphatic heterocycles. The van der Waals surface area contributed by atoms with Gasteiger partial charge in [0, 0.05) is 12.8 Å². The maximum Gasteiger partial charge on any atom is 0.332 e. The van der Waals surface area contributed by atoms with Crippen molar-refractivity contribution in [3.8, 4) is 0 Å². The molecule has 0 spiro atoms. The lowest BCUT2D eigenvalue weighted by Crippen LogP contribution is -2.28. The van der Waals surface area contributed by atoms with Gasteiger partial charge in [0.2, 0.25) is 0 Å². The van der Waals surface area contributed by atoms with Crippen molar-refractivity contribution in [3.63, 3.8) is 0 Å². The normalized spacial score (nSPS) is 14.4. The summed E-state index contributed by atoms with van der Waals surface area (Å²) in [7, 11) is 0. The molecule has 7 heteroatoms. The number of carboxylic acid groups (broad SMARTS) is 2. The van der Waals surface area contributed by atoms with Crippen LogP contribution in [0.4, 0.5) is 0 Å². The fourth-order valence-electron chi connectivity index (χ4n) is 0.689. The molecule has 14 heavy (non-hydrogen) atoms. The molecule has 0 saturated heterocycles. The first-order valence-electron chi connectivity index (χ1n) is 3.68. The predicted octanol–water partition coefficient (Wildman–Crippen LogP) is -1.77. The maximum absolute atomic E-state index is 10.8. The van der Waals surface area contributed by atoms with E-state index in [4.69, 9.17) is 20.4 Å². The van der Waals surface area contributed by atoms with E-state index in [-0.39, 0.29) is 0 Å². The second-order valence-electron chi connectivity index (χ2n) is 2.65. The second kappa shape index (κ2) is 5.30. The fraction of sp³-hybridized carbons (Fsp3) is 0.571. The van der Waals surface area contributed by atoms with E-state index in [0.29, 0.717) is 0 Å². The quantitative estimate of drug-likeness (QED) is 0.404. The third kappa shape index (κ3) is 4.53. The zero-order valence-corrected chi connectivity index (χ0v) is 7.08. The number of carbonyl (C=O) groups excluding carboxylic acids is 1. The van der Waals surface area contributed by atoms with Gasteiger partial charge < -0.3 is 20.4 Å². The van der Waals surface area contributed by atoms with Crippen molar-refractivity contribution >= 4 is 17.7 Å². The molecule has 0 aliphatic carbocycles. The number of ketones is 1. The molecule has 80 valence electrons. The number of Topliss-reactive ketones (excluding diaryl/α,β-unsaturated/α-hetero) is 1. The van der Waals surface area contributed by atoms with Crippen LogP contribution in [-0.4, -0.2) is 50.4 Å². The Morgan fingerprint density at radius 1 is 0.857 bits per heavy atom. The van der Waals surface area contributed by atoms with E-state index < -0.39 is 42.8 Å². The van der Waals surface area contributed by atoms with Crippen molar-refractivity contribution in [2.45, 2.75) is 25.0 Å². The Balaban J connectivity index is 3.99. The summed E-state index contributed by atoms with van der Waals surface area (Å²) in [4.78, 5) is 31.0. The fourth-order valence-corrected chi connectivity index (χ4v) is 0.689. The van der Waals surface area contributed by atoms with Crippen LogP contribution in [0.25, 0.3) is 0 Å². The SMILES string of the molecule is O=C(CC(O)C(=O)O)CC(O)C(=O)O. The molecule has 0 saturated carbocycles. The highest BCUT2D eigenvalue weighted by molar-refractivity contribution is 5.88. The third-order valence-corrected chi connectivity index (χ3v) is 1.41. The van der Waals surface area contributed by atoms with E-state index >= 15 is 0 Å². The number of carboxylic acids is 2. The summed E-state index contributed by atoms with van der Waals surface area (Å²) >= 11 is 0. The van der Waals surface area contributed by atoms with Gasteiger partial charge in [-0.25, -0.2) is 9.59 Å². The Hall–Kier alpha value is -1.47. The largest absolute Gasteiger partial charge is 0.479 e. The summed E-state index contributed by atoms with van der Waals surface area (Å²) in [5, 5.41) is 33.8. The number of hydrogen-bond acceptors (Lipinski definition) is 5. The van der Waals surface area contributed by atoms with Gasteiger partial charge in [0.15, 0.2) is 12.2 Å². The van der Waals surface area contributed by atoms with Gasteiger partial charge in [-0.3, -0.25) is 4.79 Å². The molecule has 0 amide bonds. The molecule has 4 N–H and O–H groups in total. The summed E-state index contributed by atoms with van der Waals surface area (Å²) in [6.45, 7) is 0. The summed E-state index contributed by atoms with van der Waals surface area (Å²) in [5.41, 5.74) is 0. The molecular formula is C7H10O7. The summed E-state index contributed by atoms with van der Waals surface area (Å²) < 4.78 is 0. The van der Waals surface area contributed by atoms with E-state index in [9.17, 15) is 14.4 Å². The van der Waals surface area contributed by atoms with E-state index in [2.05, 4.69) is 0 Å². The number of rotatable bonds is 6. The second-order valence-corrected chi connectivity index (χ2v) is 2.65. The standard InChI is InChI=1S/C7H10O7/c8-3(1-4(9)6(11)12)2-5(10)7(13)14/h4-5,9-10H,1-2H2,(H,11,12)(H,13,14). The van der Waals surface area contributed by atoms with Crippen molar-refractivity contribution in [3.05, 3.63) is 0 Å². The first-order valence-corrected chi connectivity index (χ1v) is 3.68. The molecule has 0 fully saturated rings. The molecule has 0 aromatic heterocycles. The molecule has 0 aromatic carbocycles. The van der Waals surface area contributed by atoms with Crippen LogP contribution in [0.2, 0.25) is 0 Å². The molecule has 0 aliphatic rings. The molecule has 7 nitrogen and oxygen atoms in total. The first-order chi connectivity index (χ1) is 6.34. The average Bonchev–Trinajstić information content (AvgIpc) is 2.03. The minimum atomic E-state index is -1.86. The molecule has 0 heterocycles. The van der Waals surface area contributed by atoms with Gasteiger partial charge in [0.1, 0.15) is 5.78 Å². The van der Waals surface area contributed by atoms with E-state index in [1.54, 1.807) is 0 Å². The highest BCUT2D eigenvalue weighted by Gasteiger charge is 2.22. The number of aliphatic hydroxyl groups is 2. The van der Waals surface area contributed by atoms with Crippen LogP contribution in [0.15, 0.2) is 0 Å². The highest BCUT2D eigenvalue weighted by Crippen LogP contribution is 2.01. The van der Waals surface area contributed by atoms with Crippen molar-refractivity contribution in [2.75, 3.05) is 0 Å². The smallest absolute Gasteiger partial charge is 0.332 e. The Kier molecular flexibility index (Phi) is 4.74. The van der Waals surface area contributed by atoms with Gasteiger partial charge in [-0.15, -0.1) is 0 Å². The van der Waals surface area contributed by atoms with Crippen LogP contribution in [0.3, 0.4) is 0 Å². The maximum atomic E-state index is 10.8. The molecule has 0 rings (SSSR count). The van der Waals surface area contributed by atoms with Gasteiger partial charge in [-0.2, -0.15) is 0 Å². The van der Waals surface area contributed by atoms with E-state index in [0.717, 1.165) is 0 Å². The van der Waals surface area contributed by atoms with Crippen molar-refractivity contribution in [1.29, 1.82) is 0 Å². The molecule has 0 aromatic rings. The van der Waals surface area contributed by atoms with Crippen molar-refractivity contribution in [2.24, 2.45) is 0 Å². The molecule has 2 atom stereocenters. The van der Waals surface area contributed by atoms with E-state index in [1.807, 2.05) is 0 Å². The lowest BCUT2D eigenvalue weighted by Gasteiger charge is -2.06. The number of hydrogen-bond donors (Lipinski definition) is 4.